The smallest absolute Gasteiger partial charge is 0.318 e. The van der Waals surface area contributed by atoms with E-state index in [1.165, 1.54) is 0 Å². The number of rotatable bonds is 5. The van der Waals surface area contributed by atoms with Crippen LogP contribution in [0.2, 0.25) is 0 Å². The molecule has 2 fully saturated rings. The van der Waals surface area contributed by atoms with Gasteiger partial charge in [0.2, 0.25) is 11.8 Å². The number of imide groups is 1. The summed E-state index contributed by atoms with van der Waals surface area (Å²) in [7, 11) is 0. The summed E-state index contributed by atoms with van der Waals surface area (Å²) >= 11 is 0. The van der Waals surface area contributed by atoms with Crippen LogP contribution < -0.4 is 16.4 Å². The van der Waals surface area contributed by atoms with E-state index in [4.69, 9.17) is 5.73 Å². The molecule has 1 saturated carbocycles. The van der Waals surface area contributed by atoms with E-state index in [-0.39, 0.29) is 11.8 Å². The average molecular weight is 297 g/mol. The number of nitrogens with zero attached hydrogens (tertiary/aromatic N) is 2. The van der Waals surface area contributed by atoms with Crippen molar-refractivity contribution in [1.82, 2.24) is 20.4 Å². The molecule has 0 aromatic heterocycles. The fourth-order valence-corrected chi connectivity index (χ4v) is 2.40. The van der Waals surface area contributed by atoms with Crippen LogP contribution in [0, 0.1) is 0 Å². The summed E-state index contributed by atoms with van der Waals surface area (Å²) in [4.78, 5) is 38.2. The summed E-state index contributed by atoms with van der Waals surface area (Å²) in [6.45, 7) is 4.98. The lowest BCUT2D eigenvalue weighted by Crippen LogP contribution is -2.56. The van der Waals surface area contributed by atoms with Crippen LogP contribution in [0.25, 0.3) is 0 Å². The quantitative estimate of drug-likeness (QED) is 0.570. The first kappa shape index (κ1) is 15.7. The van der Waals surface area contributed by atoms with Crippen LogP contribution in [0.1, 0.15) is 19.8 Å². The lowest BCUT2D eigenvalue weighted by Gasteiger charge is -2.36. The summed E-state index contributed by atoms with van der Waals surface area (Å²) in [5.74, 6) is -0.312. The van der Waals surface area contributed by atoms with Crippen LogP contribution in [0.5, 0.6) is 0 Å². The highest BCUT2D eigenvalue weighted by molar-refractivity contribution is 5.96. The Morgan fingerprint density at radius 1 is 1.19 bits per heavy atom. The third kappa shape index (κ3) is 4.98. The Labute approximate surface area is 124 Å². The molecule has 4 amide bonds. The zero-order chi connectivity index (χ0) is 15.4. The number of carbonyl (C=O) groups excluding carboxylic acids is 3. The van der Waals surface area contributed by atoms with Crippen molar-refractivity contribution in [2.24, 2.45) is 5.73 Å². The number of carbonyl (C=O) groups is 3. The molecule has 0 unspecified atom stereocenters. The topological polar surface area (TPSA) is 108 Å². The molecule has 2 aliphatic rings. The van der Waals surface area contributed by atoms with Crippen molar-refractivity contribution in [3.63, 3.8) is 0 Å². The molecule has 0 aromatic rings. The zero-order valence-electron chi connectivity index (χ0n) is 12.3. The summed E-state index contributed by atoms with van der Waals surface area (Å²) in [6.07, 6.45) is 2.18. The normalized spacial score (nSPS) is 21.6. The van der Waals surface area contributed by atoms with Gasteiger partial charge in [0.05, 0.1) is 12.6 Å². The van der Waals surface area contributed by atoms with E-state index in [0.717, 1.165) is 25.9 Å². The van der Waals surface area contributed by atoms with E-state index in [2.05, 4.69) is 15.5 Å². The minimum atomic E-state index is -0.831. The monoisotopic (exact) mass is 297 g/mol. The molecular weight excluding hydrogens is 274 g/mol. The molecule has 1 saturated heterocycles. The Bertz CT molecular complexity index is 416. The predicted molar refractivity (Wildman–Crippen MR) is 76.4 cm³/mol. The molecule has 118 valence electrons. The van der Waals surface area contributed by atoms with E-state index in [0.29, 0.717) is 25.7 Å². The van der Waals surface area contributed by atoms with E-state index >= 15 is 0 Å². The zero-order valence-corrected chi connectivity index (χ0v) is 12.3. The number of urea groups is 1. The van der Waals surface area contributed by atoms with Crippen LogP contribution >= 0.6 is 0 Å². The van der Waals surface area contributed by atoms with Gasteiger partial charge in [-0.25, -0.2) is 4.79 Å². The molecular formula is C13H23N5O3. The van der Waals surface area contributed by atoms with Gasteiger partial charge in [-0.05, 0) is 19.8 Å². The first-order valence-electron chi connectivity index (χ1n) is 7.32. The van der Waals surface area contributed by atoms with Gasteiger partial charge in [0.15, 0.2) is 0 Å². The van der Waals surface area contributed by atoms with Crippen LogP contribution in [0.15, 0.2) is 0 Å². The molecule has 21 heavy (non-hydrogen) atoms. The van der Waals surface area contributed by atoms with E-state index in [9.17, 15) is 14.4 Å². The molecule has 1 heterocycles. The highest BCUT2D eigenvalue weighted by atomic mass is 16.2. The highest BCUT2D eigenvalue weighted by Crippen LogP contribution is 2.18. The summed E-state index contributed by atoms with van der Waals surface area (Å²) < 4.78 is 0. The lowest BCUT2D eigenvalue weighted by molar-refractivity contribution is -0.127. The Balaban J connectivity index is 1.70. The van der Waals surface area contributed by atoms with Crippen LogP contribution in [-0.4, -0.2) is 72.5 Å². The summed E-state index contributed by atoms with van der Waals surface area (Å²) in [5.41, 5.74) is 4.94. The number of amides is 4. The van der Waals surface area contributed by atoms with E-state index in [1.54, 1.807) is 6.92 Å². The van der Waals surface area contributed by atoms with Crippen LogP contribution in [0.4, 0.5) is 4.79 Å². The number of primary amides is 1. The fraction of sp³-hybridized carbons (Fsp3) is 0.769. The molecule has 8 nitrogen and oxygen atoms in total. The fourth-order valence-electron chi connectivity index (χ4n) is 2.40. The summed E-state index contributed by atoms with van der Waals surface area (Å²) in [5, 5.41) is 5.06. The molecule has 1 aliphatic carbocycles. The second-order valence-corrected chi connectivity index (χ2v) is 5.68. The maximum absolute atomic E-state index is 11.7. The minimum Gasteiger partial charge on any atom is -0.352 e. The van der Waals surface area contributed by atoms with Crippen LogP contribution in [-0.2, 0) is 9.59 Å². The predicted octanol–water partition coefficient (Wildman–Crippen LogP) is -1.53. The molecule has 4 N–H and O–H groups in total. The minimum absolute atomic E-state index is 0.0745. The Hall–Kier alpha value is -1.67. The van der Waals surface area contributed by atoms with Gasteiger partial charge in [-0.15, -0.1) is 0 Å². The third-order valence-corrected chi connectivity index (χ3v) is 3.89. The number of nitrogens with two attached hydrogens (primary N) is 1. The van der Waals surface area contributed by atoms with Crippen molar-refractivity contribution < 1.29 is 14.4 Å². The second kappa shape index (κ2) is 6.86. The molecule has 0 spiro atoms. The number of nitrogens with one attached hydrogen (secondary N) is 2. The van der Waals surface area contributed by atoms with E-state index in [1.807, 2.05) is 4.90 Å². The lowest BCUT2D eigenvalue weighted by atomic mass is 10.2. The first-order chi connectivity index (χ1) is 9.95. The number of piperazine rings is 1. The molecule has 1 aliphatic heterocycles. The van der Waals surface area contributed by atoms with Crippen LogP contribution in [0.3, 0.4) is 0 Å². The van der Waals surface area contributed by atoms with Crippen molar-refractivity contribution in [1.29, 1.82) is 0 Å². The van der Waals surface area contributed by atoms with Crippen molar-refractivity contribution in [2.75, 3.05) is 32.7 Å². The SMILES string of the molecule is C[C@H](C(=O)NC(N)=O)N1CCN(CC(=O)NC2CC2)CC1. The van der Waals surface area contributed by atoms with Gasteiger partial charge in [-0.3, -0.25) is 24.7 Å². The maximum atomic E-state index is 11.7. The van der Waals surface area contributed by atoms with Gasteiger partial charge in [0.1, 0.15) is 0 Å². The van der Waals surface area contributed by atoms with E-state index < -0.39 is 12.1 Å². The maximum Gasteiger partial charge on any atom is 0.318 e. The largest absolute Gasteiger partial charge is 0.352 e. The van der Waals surface area contributed by atoms with Crippen molar-refractivity contribution in [3.8, 4) is 0 Å². The van der Waals surface area contributed by atoms with Crippen molar-refractivity contribution in [2.45, 2.75) is 31.8 Å². The Kier molecular flexibility index (Phi) is 5.13. The van der Waals surface area contributed by atoms with Gasteiger partial charge in [-0.2, -0.15) is 0 Å². The average Bonchev–Trinajstić information content (AvgIpc) is 3.21. The second-order valence-electron chi connectivity index (χ2n) is 5.68. The molecule has 0 aromatic carbocycles. The molecule has 1 atom stereocenters. The first-order valence-corrected chi connectivity index (χ1v) is 7.32. The van der Waals surface area contributed by atoms with Gasteiger partial charge < -0.3 is 11.1 Å². The number of hydrogen-bond donors (Lipinski definition) is 3. The van der Waals surface area contributed by atoms with Gasteiger partial charge in [0, 0.05) is 32.2 Å². The third-order valence-electron chi connectivity index (χ3n) is 3.89. The van der Waals surface area contributed by atoms with Gasteiger partial charge in [0.25, 0.3) is 0 Å². The summed E-state index contributed by atoms with van der Waals surface area (Å²) in [6, 6.07) is -0.849. The number of hydrogen-bond acceptors (Lipinski definition) is 5. The molecule has 8 heteroatoms. The van der Waals surface area contributed by atoms with Gasteiger partial charge >= 0.3 is 6.03 Å². The Morgan fingerprint density at radius 2 is 1.81 bits per heavy atom. The molecule has 0 radical (unpaired) electrons. The Morgan fingerprint density at radius 3 is 2.33 bits per heavy atom. The van der Waals surface area contributed by atoms with Gasteiger partial charge in [-0.1, -0.05) is 0 Å². The van der Waals surface area contributed by atoms with Crippen molar-refractivity contribution >= 4 is 17.8 Å². The molecule has 2 rings (SSSR count). The van der Waals surface area contributed by atoms with Crippen molar-refractivity contribution in [3.05, 3.63) is 0 Å². The standard InChI is InChI=1S/C13H23N5O3/c1-9(12(20)16-13(14)21)18-6-4-17(5-7-18)8-11(19)15-10-2-3-10/h9-10H,2-8H2,1H3,(H,15,19)(H3,14,16,20,21)/t9-/m1/s1. The highest BCUT2D eigenvalue weighted by Gasteiger charge is 2.28. The molecule has 0 bridgehead atoms.